The highest BCUT2D eigenvalue weighted by Crippen LogP contribution is 2.17. The average Bonchev–Trinajstić information content (AvgIpc) is 2.54. The van der Waals surface area contributed by atoms with Gasteiger partial charge in [0, 0.05) is 11.8 Å². The van der Waals surface area contributed by atoms with Crippen molar-refractivity contribution in [3.05, 3.63) is 29.8 Å². The van der Waals surface area contributed by atoms with Crippen LogP contribution in [0, 0.1) is 17.2 Å². The lowest BCUT2D eigenvalue weighted by molar-refractivity contribution is -0.890. The van der Waals surface area contributed by atoms with Gasteiger partial charge in [0.15, 0.2) is 5.92 Å². The van der Waals surface area contributed by atoms with Crippen LogP contribution in [0.1, 0.15) is 18.5 Å². The first-order chi connectivity index (χ1) is 11.0. The number of nitrogens with one attached hydrogen (secondary N) is 1. The maximum Gasteiger partial charge on any atom is 0.328 e. The number of ether oxygens (including phenoxy) is 2. The average molecular weight is 318 g/mol. The van der Waals surface area contributed by atoms with Gasteiger partial charge in [0.25, 0.3) is 0 Å². The number of rotatable bonds is 8. The van der Waals surface area contributed by atoms with Crippen molar-refractivity contribution >= 4 is 12.2 Å². The molecule has 0 aliphatic carbocycles. The quantitative estimate of drug-likeness (QED) is 0.564. The van der Waals surface area contributed by atoms with E-state index in [1.807, 2.05) is 44.4 Å². The molecule has 23 heavy (non-hydrogen) atoms. The molecule has 0 amide bonds. The number of nitrogens with zero attached hydrogens (tertiary/aromatic N) is 2. The van der Waals surface area contributed by atoms with Gasteiger partial charge in [-0.25, -0.2) is 0 Å². The molecule has 1 aromatic rings. The number of aliphatic imine (C=N–C) groups is 1. The predicted molar refractivity (Wildman–Crippen MR) is 87.6 cm³/mol. The first kappa shape index (κ1) is 18.7. The predicted octanol–water partition coefficient (Wildman–Crippen LogP) is 0.654. The van der Waals surface area contributed by atoms with Crippen molar-refractivity contribution in [2.75, 3.05) is 34.4 Å². The fourth-order valence-corrected chi connectivity index (χ4v) is 2.13. The summed E-state index contributed by atoms with van der Waals surface area (Å²) in [5.41, 5.74) is 1.09. The number of likely N-dealkylation sites (N-methyl/N-ethyl adjacent to an activating group) is 1. The second kappa shape index (κ2) is 9.59. The van der Waals surface area contributed by atoms with Crippen LogP contribution in [0.5, 0.6) is 5.75 Å². The first-order valence-corrected chi connectivity index (χ1v) is 7.53. The van der Waals surface area contributed by atoms with Crippen LogP contribution in [0.2, 0.25) is 0 Å². The van der Waals surface area contributed by atoms with Crippen molar-refractivity contribution in [2.45, 2.75) is 13.0 Å². The van der Waals surface area contributed by atoms with E-state index in [1.54, 1.807) is 14.0 Å². The van der Waals surface area contributed by atoms with E-state index < -0.39 is 11.9 Å². The van der Waals surface area contributed by atoms with E-state index in [0.717, 1.165) is 11.3 Å². The number of quaternary nitrogens is 1. The second-order valence-corrected chi connectivity index (χ2v) is 5.28. The molecule has 0 bridgehead atoms. The Hall–Kier alpha value is -2.39. The molecule has 1 aromatic carbocycles. The summed E-state index contributed by atoms with van der Waals surface area (Å²) >= 11 is 0. The van der Waals surface area contributed by atoms with Crippen LogP contribution in [0.15, 0.2) is 29.3 Å². The molecule has 2 atom stereocenters. The summed E-state index contributed by atoms with van der Waals surface area (Å²) in [4.78, 5) is 17.1. The van der Waals surface area contributed by atoms with Gasteiger partial charge in [-0.1, -0.05) is 12.1 Å². The van der Waals surface area contributed by atoms with Gasteiger partial charge in [-0.3, -0.25) is 9.79 Å². The smallest absolute Gasteiger partial charge is 0.328 e. The molecule has 0 aliphatic heterocycles. The maximum absolute atomic E-state index is 11.6. The molecule has 6 heteroatoms. The van der Waals surface area contributed by atoms with E-state index in [9.17, 15) is 4.79 Å². The maximum atomic E-state index is 11.6. The third-order valence-electron chi connectivity index (χ3n) is 3.42. The summed E-state index contributed by atoms with van der Waals surface area (Å²) in [6.07, 6.45) is 1.37. The minimum atomic E-state index is -0.960. The Morgan fingerprint density at radius 2 is 2.22 bits per heavy atom. The lowest BCUT2D eigenvalue weighted by atomic mass is 10.1. The topological polar surface area (TPSA) is 76.1 Å². The Morgan fingerprint density at radius 1 is 1.48 bits per heavy atom. The highest BCUT2D eigenvalue weighted by molar-refractivity contribution is 5.92. The van der Waals surface area contributed by atoms with Gasteiger partial charge in [-0.05, 0) is 19.1 Å². The van der Waals surface area contributed by atoms with Crippen molar-refractivity contribution < 1.29 is 19.2 Å². The second-order valence-electron chi connectivity index (χ2n) is 5.28. The summed E-state index contributed by atoms with van der Waals surface area (Å²) in [6.45, 7) is 2.42. The molecule has 0 radical (unpaired) electrons. The highest BCUT2D eigenvalue weighted by Gasteiger charge is 2.20. The molecule has 0 spiro atoms. The Balaban J connectivity index is 2.82. The molecule has 6 nitrogen and oxygen atoms in total. The number of nitriles is 1. The van der Waals surface area contributed by atoms with Gasteiger partial charge < -0.3 is 14.4 Å². The zero-order chi connectivity index (χ0) is 17.2. The summed E-state index contributed by atoms with van der Waals surface area (Å²) < 4.78 is 10.1. The van der Waals surface area contributed by atoms with E-state index >= 15 is 0 Å². The van der Waals surface area contributed by atoms with Crippen molar-refractivity contribution in [1.82, 2.24) is 0 Å². The van der Waals surface area contributed by atoms with Crippen molar-refractivity contribution in [3.63, 3.8) is 0 Å². The molecule has 1 rings (SSSR count). The number of benzene rings is 1. The van der Waals surface area contributed by atoms with E-state index in [1.165, 1.54) is 11.1 Å². The standard InChI is InChI=1S/C17H23N3O3/c1-5-23-17(21)14(10-18)11-19-12-16(20(2)3)13-7-6-8-15(9-13)22-4/h6-9,11,14,16H,5,12H2,1-4H3/p+1/t14-,16+/m1/s1. The van der Waals surface area contributed by atoms with E-state index in [2.05, 4.69) is 4.99 Å². The Bertz CT molecular complexity index is 579. The number of esters is 1. The van der Waals surface area contributed by atoms with Crippen molar-refractivity contribution in [3.8, 4) is 11.8 Å². The van der Waals surface area contributed by atoms with Gasteiger partial charge in [0.05, 0.1) is 40.4 Å². The number of hydrogen-bond acceptors (Lipinski definition) is 5. The highest BCUT2D eigenvalue weighted by atomic mass is 16.5. The molecule has 1 N–H and O–H groups in total. The minimum absolute atomic E-state index is 0.0999. The van der Waals surface area contributed by atoms with E-state index in [-0.39, 0.29) is 12.6 Å². The molecular formula is C17H24N3O3+. The minimum Gasteiger partial charge on any atom is -0.497 e. The number of carbonyl (C=O) groups is 1. The molecule has 0 unspecified atom stereocenters. The van der Waals surface area contributed by atoms with Crippen LogP contribution >= 0.6 is 0 Å². The normalized spacial score (nSPS) is 13.6. The molecule has 0 saturated carbocycles. The van der Waals surface area contributed by atoms with Gasteiger partial charge in [0.1, 0.15) is 11.8 Å². The summed E-state index contributed by atoms with van der Waals surface area (Å²) in [5, 5.41) is 9.02. The van der Waals surface area contributed by atoms with Crippen LogP contribution < -0.4 is 9.64 Å². The monoisotopic (exact) mass is 318 g/mol. The van der Waals surface area contributed by atoms with Crippen LogP contribution in [-0.4, -0.2) is 46.5 Å². The Morgan fingerprint density at radius 3 is 2.78 bits per heavy atom. The van der Waals surface area contributed by atoms with E-state index in [0.29, 0.717) is 6.54 Å². The fraction of sp³-hybridized carbons (Fsp3) is 0.471. The zero-order valence-corrected chi connectivity index (χ0v) is 14.1. The van der Waals surface area contributed by atoms with Crippen molar-refractivity contribution in [1.29, 1.82) is 5.26 Å². The lowest BCUT2D eigenvalue weighted by Gasteiger charge is -2.20. The number of carbonyl (C=O) groups excluding carboxylic acids is 1. The fourth-order valence-electron chi connectivity index (χ4n) is 2.13. The largest absolute Gasteiger partial charge is 0.497 e. The van der Waals surface area contributed by atoms with E-state index in [4.69, 9.17) is 14.7 Å². The first-order valence-electron chi connectivity index (χ1n) is 7.53. The molecule has 0 aliphatic rings. The van der Waals surface area contributed by atoms with Crippen LogP contribution in [-0.2, 0) is 9.53 Å². The zero-order valence-electron chi connectivity index (χ0n) is 14.1. The van der Waals surface area contributed by atoms with Gasteiger partial charge in [0.2, 0.25) is 0 Å². The Labute approximate surface area is 137 Å². The summed E-state index contributed by atoms with van der Waals surface area (Å²) in [5.74, 6) is -0.730. The molecule has 124 valence electrons. The summed E-state index contributed by atoms with van der Waals surface area (Å²) in [6, 6.07) is 9.81. The molecule has 0 saturated heterocycles. The molecule has 0 aromatic heterocycles. The SMILES string of the molecule is CCOC(=O)[C@H](C#N)C=NC[C@@H](c1cccc(OC)c1)[NH+](C)C. The summed E-state index contributed by atoms with van der Waals surface area (Å²) in [7, 11) is 5.70. The number of hydrogen-bond donors (Lipinski definition) is 1. The number of methoxy groups -OCH3 is 1. The van der Waals surface area contributed by atoms with Crippen molar-refractivity contribution in [2.24, 2.45) is 10.9 Å². The van der Waals surface area contributed by atoms with Crippen LogP contribution in [0.4, 0.5) is 0 Å². The Kier molecular flexibility index (Phi) is 7.78. The van der Waals surface area contributed by atoms with Crippen LogP contribution in [0.25, 0.3) is 0 Å². The third-order valence-corrected chi connectivity index (χ3v) is 3.42. The lowest BCUT2D eigenvalue weighted by Crippen LogP contribution is -3.06. The van der Waals surface area contributed by atoms with Crippen LogP contribution in [0.3, 0.4) is 0 Å². The molecule has 0 fully saturated rings. The molecule has 0 heterocycles. The van der Waals surface area contributed by atoms with Gasteiger partial charge in [-0.2, -0.15) is 5.26 Å². The third kappa shape index (κ3) is 5.72. The molecular weight excluding hydrogens is 294 g/mol. The van der Waals surface area contributed by atoms with Gasteiger partial charge >= 0.3 is 5.97 Å². The van der Waals surface area contributed by atoms with Gasteiger partial charge in [-0.15, -0.1) is 0 Å².